The van der Waals surface area contributed by atoms with Gasteiger partial charge in [-0.2, -0.15) is 0 Å². The molecule has 1 aromatic heterocycles. The number of anilines is 2. The van der Waals surface area contributed by atoms with Crippen LogP contribution in [0.2, 0.25) is 0 Å². The van der Waals surface area contributed by atoms with Gasteiger partial charge in [0.2, 0.25) is 0 Å². The molecule has 4 aliphatic rings. The highest BCUT2D eigenvalue weighted by molar-refractivity contribution is 6.98. The van der Waals surface area contributed by atoms with Crippen LogP contribution in [0.25, 0.3) is 27.5 Å². The summed E-state index contributed by atoms with van der Waals surface area (Å²) in [6.45, 7) is 0.0432. The molecule has 5 heteroatoms. The number of nitrogens with zero attached hydrogens (tertiary/aromatic N) is 2. The molecule has 0 fully saturated rings. The molecule has 47 heavy (non-hydrogen) atoms. The van der Waals surface area contributed by atoms with Crippen molar-refractivity contribution < 1.29 is 9.47 Å². The summed E-state index contributed by atoms with van der Waals surface area (Å²) in [6, 6.07) is 45.7. The number of hydrogen-bond donors (Lipinski definition) is 0. The highest BCUT2D eigenvalue weighted by atomic mass is 16.5. The standard InChI is InChI=1S/C42H27BN2O2/c1-2-12-26(13-3-1)44-34-18-8-4-14-28(34)30-22-23-31-29-15-5-9-19-35(29)45(42(31)41(30)44)27-24-38-40-39(25-27)47-37-21-11-7-17-33(37)43(40)32-16-6-10-20-36(32)46-38/h1-25,28,34H. The van der Waals surface area contributed by atoms with Gasteiger partial charge in [-0.05, 0) is 46.8 Å². The van der Waals surface area contributed by atoms with E-state index >= 15 is 0 Å². The van der Waals surface area contributed by atoms with E-state index in [1.54, 1.807) is 0 Å². The number of ether oxygens (including phenoxy) is 2. The van der Waals surface area contributed by atoms with Crippen molar-refractivity contribution in [2.45, 2.75) is 12.0 Å². The first-order chi connectivity index (χ1) is 23.3. The molecule has 7 aromatic rings. The summed E-state index contributed by atoms with van der Waals surface area (Å²) in [6.07, 6.45) is 9.07. The quantitative estimate of drug-likeness (QED) is 0.187. The third-order valence-electron chi connectivity index (χ3n) is 10.4. The van der Waals surface area contributed by atoms with Gasteiger partial charge in [0.25, 0.3) is 6.71 Å². The van der Waals surface area contributed by atoms with Crippen LogP contribution in [-0.4, -0.2) is 17.3 Å². The first kappa shape index (κ1) is 25.3. The van der Waals surface area contributed by atoms with Gasteiger partial charge < -0.3 is 18.9 Å². The molecular weight excluding hydrogens is 575 g/mol. The average Bonchev–Trinajstić information content (AvgIpc) is 3.65. The summed E-state index contributed by atoms with van der Waals surface area (Å²) in [7, 11) is 0. The molecule has 0 spiro atoms. The van der Waals surface area contributed by atoms with Gasteiger partial charge in [-0.25, -0.2) is 0 Å². The minimum Gasteiger partial charge on any atom is -0.458 e. The lowest BCUT2D eigenvalue weighted by Gasteiger charge is -2.33. The highest BCUT2D eigenvalue weighted by Gasteiger charge is 2.42. The minimum atomic E-state index is 0.0432. The summed E-state index contributed by atoms with van der Waals surface area (Å²) >= 11 is 0. The molecule has 0 radical (unpaired) electrons. The van der Waals surface area contributed by atoms with Gasteiger partial charge in [0.05, 0.1) is 28.5 Å². The van der Waals surface area contributed by atoms with Crippen LogP contribution in [0.3, 0.4) is 0 Å². The van der Waals surface area contributed by atoms with Gasteiger partial charge in [-0.15, -0.1) is 0 Å². The zero-order valence-electron chi connectivity index (χ0n) is 25.4. The van der Waals surface area contributed by atoms with E-state index in [4.69, 9.17) is 9.47 Å². The van der Waals surface area contributed by atoms with Gasteiger partial charge in [0, 0.05) is 40.0 Å². The lowest BCUT2D eigenvalue weighted by atomic mass is 9.35. The molecule has 220 valence electrons. The molecule has 1 aliphatic carbocycles. The predicted octanol–water partition coefficient (Wildman–Crippen LogP) is 8.24. The summed E-state index contributed by atoms with van der Waals surface area (Å²) in [4.78, 5) is 2.54. The van der Waals surface area contributed by atoms with E-state index in [9.17, 15) is 0 Å². The zero-order valence-corrected chi connectivity index (χ0v) is 25.4. The Labute approximate surface area is 272 Å². The summed E-state index contributed by atoms with van der Waals surface area (Å²) in [5, 5.41) is 2.45. The Balaban J connectivity index is 1.23. The Morgan fingerprint density at radius 3 is 1.98 bits per heavy atom. The maximum atomic E-state index is 6.74. The smallest absolute Gasteiger partial charge is 0.260 e. The summed E-state index contributed by atoms with van der Waals surface area (Å²) < 4.78 is 15.9. The van der Waals surface area contributed by atoms with Gasteiger partial charge in [0.1, 0.15) is 23.0 Å². The number of aromatic nitrogens is 1. The Morgan fingerprint density at radius 2 is 1.21 bits per heavy atom. The van der Waals surface area contributed by atoms with Gasteiger partial charge in [-0.3, -0.25) is 0 Å². The maximum absolute atomic E-state index is 6.74. The van der Waals surface area contributed by atoms with Crippen molar-refractivity contribution in [2.75, 3.05) is 4.90 Å². The van der Waals surface area contributed by atoms with Crippen molar-refractivity contribution >= 4 is 56.3 Å². The Kier molecular flexibility index (Phi) is 5.00. The molecule has 4 heterocycles. The Hall–Kier alpha value is -5.94. The predicted molar refractivity (Wildman–Crippen MR) is 192 cm³/mol. The van der Waals surface area contributed by atoms with Crippen molar-refractivity contribution in [1.82, 2.24) is 4.57 Å². The molecule has 0 saturated carbocycles. The van der Waals surface area contributed by atoms with Crippen molar-refractivity contribution in [2.24, 2.45) is 0 Å². The third kappa shape index (κ3) is 3.38. The van der Waals surface area contributed by atoms with E-state index in [0.717, 1.165) is 39.7 Å². The van der Waals surface area contributed by atoms with Crippen molar-refractivity contribution in [3.8, 4) is 28.7 Å². The highest BCUT2D eigenvalue weighted by Crippen LogP contribution is 2.53. The second-order valence-electron chi connectivity index (χ2n) is 12.8. The van der Waals surface area contributed by atoms with E-state index in [0.29, 0.717) is 0 Å². The fourth-order valence-electron chi connectivity index (χ4n) is 8.52. The van der Waals surface area contributed by atoms with Crippen LogP contribution >= 0.6 is 0 Å². The van der Waals surface area contributed by atoms with E-state index in [2.05, 4.69) is 161 Å². The maximum Gasteiger partial charge on any atom is 0.260 e. The lowest BCUT2D eigenvalue weighted by Crippen LogP contribution is -2.57. The first-order valence-electron chi connectivity index (χ1n) is 16.3. The molecule has 0 saturated heterocycles. The zero-order chi connectivity index (χ0) is 30.6. The number of para-hydroxylation sites is 4. The van der Waals surface area contributed by atoms with Crippen LogP contribution < -0.4 is 30.8 Å². The third-order valence-corrected chi connectivity index (χ3v) is 10.4. The molecule has 0 bridgehead atoms. The molecule has 3 aliphatic heterocycles. The number of benzene rings is 6. The summed E-state index contributed by atoms with van der Waals surface area (Å²) in [5.41, 5.74) is 10.6. The van der Waals surface area contributed by atoms with Crippen LogP contribution in [0.1, 0.15) is 11.5 Å². The molecule has 2 unspecified atom stereocenters. The summed E-state index contributed by atoms with van der Waals surface area (Å²) in [5.74, 6) is 3.73. The topological polar surface area (TPSA) is 26.6 Å². The monoisotopic (exact) mass is 602 g/mol. The average molecular weight is 603 g/mol. The van der Waals surface area contributed by atoms with Crippen LogP contribution in [0.4, 0.5) is 11.4 Å². The van der Waals surface area contributed by atoms with Crippen molar-refractivity contribution in [1.29, 1.82) is 0 Å². The van der Waals surface area contributed by atoms with E-state index in [-0.39, 0.29) is 18.7 Å². The normalized spacial score (nSPS) is 17.9. The largest absolute Gasteiger partial charge is 0.458 e. The Morgan fingerprint density at radius 1 is 0.553 bits per heavy atom. The lowest BCUT2D eigenvalue weighted by molar-refractivity contribution is 0.464. The molecule has 0 N–H and O–H groups in total. The van der Waals surface area contributed by atoms with Gasteiger partial charge in [0.15, 0.2) is 0 Å². The fourth-order valence-corrected chi connectivity index (χ4v) is 8.52. The molecule has 0 amide bonds. The van der Waals surface area contributed by atoms with Crippen LogP contribution in [0.5, 0.6) is 23.0 Å². The van der Waals surface area contributed by atoms with E-state index in [1.807, 2.05) is 0 Å². The van der Waals surface area contributed by atoms with Crippen molar-refractivity contribution in [3.05, 3.63) is 157 Å². The molecular formula is C42H27BN2O2. The van der Waals surface area contributed by atoms with E-state index < -0.39 is 0 Å². The fraction of sp³-hybridized carbons (Fsp3) is 0.0476. The molecule has 2 atom stereocenters. The molecule has 11 rings (SSSR count). The number of fused-ring (bicyclic) bond motifs is 11. The minimum absolute atomic E-state index is 0.0432. The molecule has 6 aromatic carbocycles. The van der Waals surface area contributed by atoms with Crippen LogP contribution in [0, 0.1) is 0 Å². The van der Waals surface area contributed by atoms with E-state index in [1.165, 1.54) is 44.2 Å². The SMILES string of the molecule is C1=CC2c3ccc4c5ccccc5n(-c5cc6c7c(c5)Oc5ccccc5B7c5ccccc5O6)c4c3N(c3ccccc3)C2C=C1. The number of allylic oxidation sites excluding steroid dienone is 2. The second-order valence-corrected chi connectivity index (χ2v) is 12.8. The first-order valence-corrected chi connectivity index (χ1v) is 16.3. The van der Waals surface area contributed by atoms with Gasteiger partial charge >= 0.3 is 0 Å². The molecule has 4 nitrogen and oxygen atoms in total. The van der Waals surface area contributed by atoms with Crippen LogP contribution in [-0.2, 0) is 0 Å². The number of rotatable bonds is 2. The Bertz CT molecular complexity index is 2440. The van der Waals surface area contributed by atoms with Gasteiger partial charge in [-0.1, -0.05) is 109 Å². The van der Waals surface area contributed by atoms with Crippen molar-refractivity contribution in [3.63, 3.8) is 0 Å². The second kappa shape index (κ2) is 9.30. The van der Waals surface area contributed by atoms with Crippen LogP contribution in [0.15, 0.2) is 152 Å². The number of hydrogen-bond acceptors (Lipinski definition) is 3.